The lowest BCUT2D eigenvalue weighted by Crippen LogP contribution is -2.01. The molecule has 0 spiro atoms. The predicted octanol–water partition coefficient (Wildman–Crippen LogP) is 4.05. The van der Waals surface area contributed by atoms with Crippen molar-refractivity contribution >= 4 is 0 Å². The molecule has 0 heterocycles. The van der Waals surface area contributed by atoms with Crippen LogP contribution in [0.25, 0.3) is 0 Å². The summed E-state index contributed by atoms with van der Waals surface area (Å²) in [5, 5.41) is 3.16. The summed E-state index contributed by atoms with van der Waals surface area (Å²) in [4.78, 5) is 0. The van der Waals surface area contributed by atoms with Gasteiger partial charge in [-0.15, -0.1) is 6.58 Å². The van der Waals surface area contributed by atoms with Gasteiger partial charge in [0, 0.05) is 6.54 Å². The van der Waals surface area contributed by atoms with Crippen LogP contribution in [-0.2, 0) is 0 Å². The normalized spacial score (nSPS) is 14.2. The molecule has 0 aromatic heterocycles. The molecule has 1 atom stereocenters. The van der Waals surface area contributed by atoms with Gasteiger partial charge in [-0.05, 0) is 38.0 Å². The molecule has 1 nitrogen and oxygen atoms in total. The average molecular weight is 207 g/mol. The maximum atomic E-state index is 3.80. The zero-order chi connectivity index (χ0) is 11.5. The van der Waals surface area contributed by atoms with Crippen molar-refractivity contribution < 1.29 is 0 Å². The van der Waals surface area contributed by atoms with Crippen LogP contribution in [0.4, 0.5) is 0 Å². The summed E-state index contributed by atoms with van der Waals surface area (Å²) in [5.74, 6) is 0.767. The largest absolute Gasteiger partial charge is 0.391 e. The van der Waals surface area contributed by atoms with Crippen molar-refractivity contribution in [3.05, 3.63) is 36.6 Å². The summed E-state index contributed by atoms with van der Waals surface area (Å²) in [5.41, 5.74) is 1.47. The minimum atomic E-state index is 0.767. The molecular formula is C14H25N. The van der Waals surface area contributed by atoms with Crippen LogP contribution in [0.5, 0.6) is 0 Å². The van der Waals surface area contributed by atoms with Gasteiger partial charge >= 0.3 is 0 Å². The van der Waals surface area contributed by atoms with E-state index in [-0.39, 0.29) is 0 Å². The Balaban J connectivity index is 4.17. The number of hydrogen-bond donors (Lipinski definition) is 1. The first-order chi connectivity index (χ1) is 7.24. The highest BCUT2D eigenvalue weighted by Crippen LogP contribution is 2.17. The van der Waals surface area contributed by atoms with Gasteiger partial charge in [0.1, 0.15) is 0 Å². The second kappa shape index (κ2) is 9.57. The molecule has 0 rings (SSSR count). The standard InChI is InChI=1S/C14H25N/c1-5-9-14(12-13(4)6-2)10-8-11-15-7-3/h5,8,10-11,13,15H,1,6-7,9,12H2,2-4H3/b11-8+,14-10-/t13-/m0/s1. The molecule has 0 aliphatic rings. The van der Waals surface area contributed by atoms with Gasteiger partial charge in [-0.2, -0.15) is 0 Å². The van der Waals surface area contributed by atoms with E-state index in [0.29, 0.717) is 0 Å². The Hall–Kier alpha value is -0.980. The topological polar surface area (TPSA) is 12.0 Å². The van der Waals surface area contributed by atoms with Crippen LogP contribution < -0.4 is 5.32 Å². The van der Waals surface area contributed by atoms with E-state index < -0.39 is 0 Å². The van der Waals surface area contributed by atoms with Crippen LogP contribution in [0, 0.1) is 5.92 Å². The highest BCUT2D eigenvalue weighted by molar-refractivity contribution is 5.15. The third-order valence-corrected chi connectivity index (χ3v) is 2.46. The molecule has 0 saturated carbocycles. The molecule has 0 unspecified atom stereocenters. The van der Waals surface area contributed by atoms with Crippen LogP contribution in [0.2, 0.25) is 0 Å². The lowest BCUT2D eigenvalue weighted by Gasteiger charge is -2.10. The van der Waals surface area contributed by atoms with Gasteiger partial charge in [-0.3, -0.25) is 0 Å². The molecular weight excluding hydrogens is 182 g/mol. The first kappa shape index (κ1) is 14.0. The van der Waals surface area contributed by atoms with Gasteiger partial charge in [0.2, 0.25) is 0 Å². The molecule has 1 N–H and O–H groups in total. The Bertz CT molecular complexity index is 213. The Labute approximate surface area is 95.0 Å². The quantitative estimate of drug-likeness (QED) is 0.468. The molecule has 0 amide bonds. The monoisotopic (exact) mass is 207 g/mol. The van der Waals surface area contributed by atoms with Crippen molar-refractivity contribution in [3.8, 4) is 0 Å². The first-order valence-electron chi connectivity index (χ1n) is 5.93. The highest BCUT2D eigenvalue weighted by atomic mass is 14.8. The van der Waals surface area contributed by atoms with Crippen LogP contribution >= 0.6 is 0 Å². The number of nitrogens with one attached hydrogen (secondary N) is 1. The Morgan fingerprint density at radius 3 is 2.67 bits per heavy atom. The lowest BCUT2D eigenvalue weighted by atomic mass is 9.96. The molecule has 0 aliphatic heterocycles. The molecule has 0 aliphatic carbocycles. The Morgan fingerprint density at radius 2 is 2.13 bits per heavy atom. The van der Waals surface area contributed by atoms with Gasteiger partial charge in [0.15, 0.2) is 0 Å². The minimum absolute atomic E-state index is 0.767. The molecule has 0 radical (unpaired) electrons. The molecule has 1 heteroatoms. The lowest BCUT2D eigenvalue weighted by molar-refractivity contribution is 0.553. The summed E-state index contributed by atoms with van der Waals surface area (Å²) >= 11 is 0. The average Bonchev–Trinajstić information content (AvgIpc) is 2.24. The highest BCUT2D eigenvalue weighted by Gasteiger charge is 2.01. The van der Waals surface area contributed by atoms with Gasteiger partial charge in [-0.1, -0.05) is 38.0 Å². The Kier molecular flexibility index (Phi) is 8.95. The minimum Gasteiger partial charge on any atom is -0.391 e. The smallest absolute Gasteiger partial charge is 0.0113 e. The predicted molar refractivity (Wildman–Crippen MR) is 69.8 cm³/mol. The zero-order valence-corrected chi connectivity index (χ0v) is 10.4. The molecule has 0 aromatic rings. The number of rotatable bonds is 8. The summed E-state index contributed by atoms with van der Waals surface area (Å²) in [6.45, 7) is 11.4. The van der Waals surface area contributed by atoms with E-state index >= 15 is 0 Å². The van der Waals surface area contributed by atoms with Gasteiger partial charge < -0.3 is 5.32 Å². The van der Waals surface area contributed by atoms with Crippen molar-refractivity contribution in [1.29, 1.82) is 0 Å². The van der Waals surface area contributed by atoms with E-state index in [1.807, 2.05) is 12.3 Å². The van der Waals surface area contributed by atoms with Crippen molar-refractivity contribution in [2.75, 3.05) is 6.54 Å². The van der Waals surface area contributed by atoms with E-state index in [9.17, 15) is 0 Å². The van der Waals surface area contributed by atoms with E-state index in [0.717, 1.165) is 18.9 Å². The summed E-state index contributed by atoms with van der Waals surface area (Å²) in [6, 6.07) is 0. The van der Waals surface area contributed by atoms with Crippen molar-refractivity contribution in [2.24, 2.45) is 5.92 Å². The van der Waals surface area contributed by atoms with E-state index in [4.69, 9.17) is 0 Å². The second-order valence-corrected chi connectivity index (χ2v) is 3.95. The van der Waals surface area contributed by atoms with Crippen molar-refractivity contribution in [2.45, 2.75) is 40.0 Å². The second-order valence-electron chi connectivity index (χ2n) is 3.95. The van der Waals surface area contributed by atoms with Crippen LogP contribution in [0.3, 0.4) is 0 Å². The van der Waals surface area contributed by atoms with Crippen LogP contribution in [-0.4, -0.2) is 6.54 Å². The van der Waals surface area contributed by atoms with Gasteiger partial charge in [-0.25, -0.2) is 0 Å². The first-order valence-corrected chi connectivity index (χ1v) is 5.93. The SMILES string of the molecule is C=CC/C(=C/C=C/NCC)C[C@@H](C)CC. The molecule has 0 fully saturated rings. The number of hydrogen-bond acceptors (Lipinski definition) is 1. The van der Waals surface area contributed by atoms with Gasteiger partial charge in [0.25, 0.3) is 0 Å². The molecule has 86 valence electrons. The summed E-state index contributed by atoms with van der Waals surface area (Å²) < 4.78 is 0. The fourth-order valence-electron chi connectivity index (χ4n) is 1.37. The molecule has 15 heavy (non-hydrogen) atoms. The zero-order valence-electron chi connectivity index (χ0n) is 10.4. The van der Waals surface area contributed by atoms with Gasteiger partial charge in [0.05, 0.1) is 0 Å². The molecule has 0 aromatic carbocycles. The fraction of sp³-hybridized carbons (Fsp3) is 0.571. The fourth-order valence-corrected chi connectivity index (χ4v) is 1.37. The number of allylic oxidation sites excluding steroid dienone is 4. The van der Waals surface area contributed by atoms with Crippen molar-refractivity contribution in [1.82, 2.24) is 5.32 Å². The van der Waals surface area contributed by atoms with E-state index in [1.165, 1.54) is 18.4 Å². The summed E-state index contributed by atoms with van der Waals surface area (Å²) in [6.07, 6.45) is 11.7. The van der Waals surface area contributed by atoms with Crippen molar-refractivity contribution in [3.63, 3.8) is 0 Å². The van der Waals surface area contributed by atoms with E-state index in [2.05, 4.69) is 44.8 Å². The van der Waals surface area contributed by atoms with E-state index in [1.54, 1.807) is 0 Å². The third kappa shape index (κ3) is 8.04. The van der Waals surface area contributed by atoms with Crippen LogP contribution in [0.15, 0.2) is 36.6 Å². The molecule has 0 saturated heterocycles. The molecule has 0 bridgehead atoms. The Morgan fingerprint density at radius 1 is 1.40 bits per heavy atom. The third-order valence-electron chi connectivity index (χ3n) is 2.46. The maximum absolute atomic E-state index is 3.80. The van der Waals surface area contributed by atoms with Crippen LogP contribution in [0.1, 0.15) is 40.0 Å². The maximum Gasteiger partial charge on any atom is 0.0113 e. The summed E-state index contributed by atoms with van der Waals surface area (Å²) in [7, 11) is 0.